The Morgan fingerprint density at radius 3 is 2.12 bits per heavy atom. The molecular weight excluding hydrogens is 310 g/mol. The minimum absolute atomic E-state index is 0.0768. The van der Waals surface area contributed by atoms with Crippen molar-refractivity contribution in [2.24, 2.45) is 0 Å². The van der Waals surface area contributed by atoms with E-state index in [1.165, 1.54) is 6.20 Å². The molecule has 0 aliphatic carbocycles. The van der Waals surface area contributed by atoms with Gasteiger partial charge in [-0.15, -0.1) is 0 Å². The van der Waals surface area contributed by atoms with Crippen molar-refractivity contribution in [2.45, 2.75) is 25.8 Å². The summed E-state index contributed by atoms with van der Waals surface area (Å²) in [5.41, 5.74) is 2.20. The number of unbranched alkanes of at least 4 members (excludes halogenated alkanes) is 1. The molecular formula is C21H23N3O. The Morgan fingerprint density at radius 1 is 1.08 bits per heavy atom. The third-order valence-corrected chi connectivity index (χ3v) is 3.84. The number of nitrogens with zero attached hydrogens (tertiary/aromatic N) is 1. The molecule has 0 saturated heterocycles. The van der Waals surface area contributed by atoms with Crippen LogP contribution in [0.1, 0.15) is 36.9 Å². The molecule has 0 aromatic heterocycles. The molecule has 0 unspecified atom stereocenters. The first-order valence-corrected chi connectivity index (χ1v) is 8.50. The summed E-state index contributed by atoms with van der Waals surface area (Å²) in [5, 5.41) is 15.3. The fourth-order valence-corrected chi connectivity index (χ4v) is 2.47. The number of hydrogen-bond acceptors (Lipinski definition) is 3. The average Bonchev–Trinajstić information content (AvgIpc) is 2.67. The van der Waals surface area contributed by atoms with Crippen molar-refractivity contribution in [3.05, 3.63) is 83.6 Å². The first-order valence-electron chi connectivity index (χ1n) is 8.50. The molecule has 0 aliphatic rings. The lowest BCUT2D eigenvalue weighted by Gasteiger charge is -2.19. The van der Waals surface area contributed by atoms with Gasteiger partial charge in [0.2, 0.25) is 0 Å². The zero-order chi connectivity index (χ0) is 17.9. The Kier molecular flexibility index (Phi) is 7.27. The summed E-state index contributed by atoms with van der Waals surface area (Å²) in [6, 6.07) is 21.7. The lowest BCUT2D eigenvalue weighted by molar-refractivity contribution is -0.117. The number of carbonyl (C=O) groups is 1. The Bertz CT molecular complexity index is 693. The summed E-state index contributed by atoms with van der Waals surface area (Å²) in [6.07, 6.45) is 3.40. The highest BCUT2D eigenvalue weighted by Crippen LogP contribution is 2.21. The molecule has 0 saturated carbocycles. The summed E-state index contributed by atoms with van der Waals surface area (Å²) in [6.45, 7) is 2.63. The van der Waals surface area contributed by atoms with Gasteiger partial charge in [-0.2, -0.15) is 5.26 Å². The SMILES string of the molecule is CCCCNC(=O)/C(C#N)=C\NC(c1ccccc1)c1ccccc1. The molecule has 0 spiro atoms. The molecule has 2 aromatic carbocycles. The van der Waals surface area contributed by atoms with E-state index >= 15 is 0 Å². The number of nitrogens with one attached hydrogen (secondary N) is 2. The van der Waals surface area contributed by atoms with Crippen molar-refractivity contribution in [3.8, 4) is 6.07 Å². The molecule has 128 valence electrons. The molecule has 0 heterocycles. The fourth-order valence-electron chi connectivity index (χ4n) is 2.47. The Hall–Kier alpha value is -3.06. The molecule has 0 fully saturated rings. The van der Waals surface area contributed by atoms with E-state index in [2.05, 4.69) is 17.6 Å². The number of carbonyl (C=O) groups excluding carboxylic acids is 1. The van der Waals surface area contributed by atoms with E-state index in [0.717, 1.165) is 24.0 Å². The van der Waals surface area contributed by atoms with E-state index in [4.69, 9.17) is 0 Å². The van der Waals surface area contributed by atoms with Crippen molar-refractivity contribution >= 4 is 5.91 Å². The first-order chi connectivity index (χ1) is 12.3. The zero-order valence-corrected chi connectivity index (χ0v) is 14.4. The quantitative estimate of drug-likeness (QED) is 0.440. The monoisotopic (exact) mass is 333 g/mol. The van der Waals surface area contributed by atoms with Crippen LogP contribution < -0.4 is 10.6 Å². The maximum atomic E-state index is 12.1. The van der Waals surface area contributed by atoms with E-state index in [0.29, 0.717) is 6.54 Å². The van der Waals surface area contributed by atoms with Crippen LogP contribution in [0, 0.1) is 11.3 Å². The number of hydrogen-bond donors (Lipinski definition) is 2. The Balaban J connectivity index is 2.19. The molecule has 0 aliphatic heterocycles. The van der Waals surface area contributed by atoms with Crippen LogP contribution in [-0.4, -0.2) is 12.5 Å². The molecule has 2 aromatic rings. The van der Waals surface area contributed by atoms with Gasteiger partial charge < -0.3 is 10.6 Å². The largest absolute Gasteiger partial charge is 0.379 e. The normalized spacial score (nSPS) is 11.0. The molecule has 2 rings (SSSR count). The van der Waals surface area contributed by atoms with E-state index in [1.807, 2.05) is 66.7 Å². The highest BCUT2D eigenvalue weighted by molar-refractivity contribution is 5.97. The lowest BCUT2D eigenvalue weighted by atomic mass is 9.99. The molecule has 4 nitrogen and oxygen atoms in total. The topological polar surface area (TPSA) is 64.9 Å². The Labute approximate surface area is 149 Å². The van der Waals surface area contributed by atoms with Gasteiger partial charge in [0, 0.05) is 12.7 Å². The molecule has 2 N–H and O–H groups in total. The molecule has 25 heavy (non-hydrogen) atoms. The van der Waals surface area contributed by atoms with E-state index < -0.39 is 0 Å². The minimum atomic E-state index is -0.344. The van der Waals surface area contributed by atoms with Crippen LogP contribution in [0.4, 0.5) is 0 Å². The summed E-state index contributed by atoms with van der Waals surface area (Å²) in [4.78, 5) is 12.1. The highest BCUT2D eigenvalue weighted by Gasteiger charge is 2.14. The minimum Gasteiger partial charge on any atom is -0.379 e. The highest BCUT2D eigenvalue weighted by atomic mass is 16.1. The van der Waals surface area contributed by atoms with Crippen LogP contribution in [0.15, 0.2) is 72.4 Å². The predicted molar refractivity (Wildman–Crippen MR) is 99.5 cm³/mol. The number of benzene rings is 2. The number of rotatable bonds is 8. The first kappa shape index (κ1) is 18.3. The maximum absolute atomic E-state index is 12.1. The van der Waals surface area contributed by atoms with E-state index in [9.17, 15) is 10.1 Å². The van der Waals surface area contributed by atoms with Crippen LogP contribution in [0.3, 0.4) is 0 Å². The standard InChI is InChI=1S/C21H23N3O/c1-2-3-14-23-21(25)19(15-22)16-24-20(17-10-6-4-7-11-17)18-12-8-5-9-13-18/h4-13,16,20,24H,2-3,14H2,1H3,(H,23,25)/b19-16-. The van der Waals surface area contributed by atoms with Gasteiger partial charge in [-0.05, 0) is 17.5 Å². The molecule has 0 radical (unpaired) electrons. The molecule has 1 amide bonds. The van der Waals surface area contributed by atoms with E-state index in [1.54, 1.807) is 0 Å². The van der Waals surface area contributed by atoms with Crippen molar-refractivity contribution in [3.63, 3.8) is 0 Å². The second-order valence-electron chi connectivity index (χ2n) is 5.70. The summed E-state index contributed by atoms with van der Waals surface area (Å²) in [7, 11) is 0. The van der Waals surface area contributed by atoms with Gasteiger partial charge in [0.05, 0.1) is 6.04 Å². The average molecular weight is 333 g/mol. The second kappa shape index (κ2) is 9.94. The van der Waals surface area contributed by atoms with Gasteiger partial charge in [0.1, 0.15) is 11.6 Å². The van der Waals surface area contributed by atoms with Gasteiger partial charge in [-0.1, -0.05) is 74.0 Å². The van der Waals surface area contributed by atoms with Crippen LogP contribution in [0.2, 0.25) is 0 Å². The van der Waals surface area contributed by atoms with Crippen molar-refractivity contribution in [1.29, 1.82) is 5.26 Å². The number of nitriles is 1. The van der Waals surface area contributed by atoms with E-state index in [-0.39, 0.29) is 17.5 Å². The third-order valence-electron chi connectivity index (χ3n) is 3.84. The maximum Gasteiger partial charge on any atom is 0.263 e. The van der Waals surface area contributed by atoms with Gasteiger partial charge in [-0.3, -0.25) is 4.79 Å². The molecule has 4 heteroatoms. The van der Waals surface area contributed by atoms with Crippen LogP contribution in [0.25, 0.3) is 0 Å². The second-order valence-corrected chi connectivity index (χ2v) is 5.70. The van der Waals surface area contributed by atoms with Crippen molar-refractivity contribution in [1.82, 2.24) is 10.6 Å². The van der Waals surface area contributed by atoms with Crippen molar-refractivity contribution < 1.29 is 4.79 Å². The van der Waals surface area contributed by atoms with Gasteiger partial charge >= 0.3 is 0 Å². The predicted octanol–water partition coefficient (Wildman–Crippen LogP) is 3.69. The van der Waals surface area contributed by atoms with Crippen LogP contribution in [0.5, 0.6) is 0 Å². The molecule has 0 atom stereocenters. The smallest absolute Gasteiger partial charge is 0.263 e. The molecule has 0 bridgehead atoms. The third kappa shape index (κ3) is 5.50. The number of amides is 1. The fraction of sp³-hybridized carbons (Fsp3) is 0.238. The summed E-state index contributed by atoms with van der Waals surface area (Å²) >= 11 is 0. The van der Waals surface area contributed by atoms with Crippen LogP contribution >= 0.6 is 0 Å². The van der Waals surface area contributed by atoms with Gasteiger partial charge in [-0.25, -0.2) is 0 Å². The van der Waals surface area contributed by atoms with Gasteiger partial charge in [0.25, 0.3) is 5.91 Å². The van der Waals surface area contributed by atoms with Gasteiger partial charge in [0.15, 0.2) is 0 Å². The summed E-state index contributed by atoms with van der Waals surface area (Å²) < 4.78 is 0. The van der Waals surface area contributed by atoms with Crippen LogP contribution in [-0.2, 0) is 4.79 Å². The Morgan fingerprint density at radius 2 is 1.64 bits per heavy atom. The zero-order valence-electron chi connectivity index (χ0n) is 14.4. The van der Waals surface area contributed by atoms with Crippen molar-refractivity contribution in [2.75, 3.05) is 6.54 Å². The summed E-state index contributed by atoms with van der Waals surface area (Å²) in [5.74, 6) is -0.344. The lowest BCUT2D eigenvalue weighted by Crippen LogP contribution is -2.27.